The molecule has 0 radical (unpaired) electrons. The molecule has 0 aliphatic heterocycles. The van der Waals surface area contributed by atoms with Gasteiger partial charge in [0.2, 0.25) is 0 Å². The zero-order chi connectivity index (χ0) is 13.4. The molecule has 0 aliphatic rings. The molecule has 96 valence electrons. The third-order valence-electron chi connectivity index (χ3n) is 3.05. The summed E-state index contributed by atoms with van der Waals surface area (Å²) in [4.78, 5) is 4.66. The molecule has 1 aromatic heterocycles. The maximum absolute atomic E-state index is 4.66. The number of fused-ring (bicyclic) bond motifs is 1. The second kappa shape index (κ2) is 4.94. The van der Waals surface area contributed by atoms with E-state index < -0.39 is 0 Å². The van der Waals surface area contributed by atoms with E-state index in [1.54, 1.807) is 11.3 Å². The van der Waals surface area contributed by atoms with Crippen molar-refractivity contribution in [3.63, 3.8) is 0 Å². The zero-order valence-corrected chi connectivity index (χ0v) is 13.1. The summed E-state index contributed by atoms with van der Waals surface area (Å²) in [5, 5.41) is 4.32. The Hall–Kier alpha value is -1.39. The highest BCUT2D eigenvalue weighted by Gasteiger charge is 2.08. The van der Waals surface area contributed by atoms with Crippen LogP contribution in [0.25, 0.3) is 10.2 Å². The van der Waals surface area contributed by atoms with Crippen LogP contribution in [0.2, 0.25) is 0 Å². The van der Waals surface area contributed by atoms with Crippen molar-refractivity contribution >= 4 is 48.3 Å². The van der Waals surface area contributed by atoms with Crippen LogP contribution in [-0.2, 0) is 0 Å². The number of aryl methyl sites for hydroxylation is 2. The Kier molecular flexibility index (Phi) is 3.29. The van der Waals surface area contributed by atoms with Crippen LogP contribution in [0.1, 0.15) is 11.1 Å². The molecule has 2 nitrogen and oxygen atoms in total. The van der Waals surface area contributed by atoms with Crippen molar-refractivity contribution in [1.29, 1.82) is 0 Å². The smallest absolute Gasteiger partial charge is 0.188 e. The molecule has 0 atom stereocenters. The standard InChI is InChI=1S/C15H13BrN2S/c1-9-5-3-7-11(13(9)16)17-15-18-14-10(2)6-4-8-12(14)19-15/h3-8H,1-2H3,(H,17,18). The summed E-state index contributed by atoms with van der Waals surface area (Å²) in [6.45, 7) is 4.17. The molecule has 0 amide bonds. The van der Waals surface area contributed by atoms with Gasteiger partial charge in [0.15, 0.2) is 5.13 Å². The molecule has 3 rings (SSSR count). The Morgan fingerprint density at radius 2 is 1.79 bits per heavy atom. The van der Waals surface area contributed by atoms with Gasteiger partial charge in [-0.2, -0.15) is 0 Å². The van der Waals surface area contributed by atoms with Gasteiger partial charge in [0.25, 0.3) is 0 Å². The number of aromatic nitrogens is 1. The van der Waals surface area contributed by atoms with Gasteiger partial charge in [0.1, 0.15) is 0 Å². The van der Waals surface area contributed by atoms with Crippen molar-refractivity contribution in [3.8, 4) is 0 Å². The fraction of sp³-hybridized carbons (Fsp3) is 0.133. The van der Waals surface area contributed by atoms with Gasteiger partial charge in [-0.15, -0.1) is 0 Å². The Labute approximate surface area is 124 Å². The summed E-state index contributed by atoms with van der Waals surface area (Å²) in [5.41, 5.74) is 4.56. The van der Waals surface area contributed by atoms with Crippen LogP contribution in [0, 0.1) is 13.8 Å². The fourth-order valence-corrected chi connectivity index (χ4v) is 3.32. The Morgan fingerprint density at radius 3 is 2.58 bits per heavy atom. The van der Waals surface area contributed by atoms with Crippen LogP contribution < -0.4 is 5.32 Å². The minimum Gasteiger partial charge on any atom is -0.331 e. The highest BCUT2D eigenvalue weighted by atomic mass is 79.9. The summed E-state index contributed by atoms with van der Waals surface area (Å²) in [6, 6.07) is 12.4. The summed E-state index contributed by atoms with van der Waals surface area (Å²) >= 11 is 5.29. The van der Waals surface area contributed by atoms with E-state index in [0.717, 1.165) is 20.8 Å². The van der Waals surface area contributed by atoms with E-state index in [2.05, 4.69) is 70.4 Å². The summed E-state index contributed by atoms with van der Waals surface area (Å²) in [5.74, 6) is 0. The van der Waals surface area contributed by atoms with E-state index in [9.17, 15) is 0 Å². The highest BCUT2D eigenvalue weighted by molar-refractivity contribution is 9.10. The first kappa shape index (κ1) is 12.6. The van der Waals surface area contributed by atoms with Gasteiger partial charge in [-0.25, -0.2) is 4.98 Å². The largest absolute Gasteiger partial charge is 0.331 e. The van der Waals surface area contributed by atoms with Gasteiger partial charge in [0, 0.05) is 4.47 Å². The number of para-hydroxylation sites is 1. The van der Waals surface area contributed by atoms with Gasteiger partial charge in [-0.3, -0.25) is 0 Å². The minimum atomic E-state index is 0.926. The maximum atomic E-state index is 4.66. The number of nitrogens with zero attached hydrogens (tertiary/aromatic N) is 1. The van der Waals surface area contributed by atoms with Crippen LogP contribution in [0.15, 0.2) is 40.9 Å². The highest BCUT2D eigenvalue weighted by Crippen LogP contribution is 2.33. The van der Waals surface area contributed by atoms with Crippen molar-refractivity contribution in [2.75, 3.05) is 5.32 Å². The number of thiazole rings is 1. The molecule has 2 aromatic carbocycles. The lowest BCUT2D eigenvalue weighted by atomic mass is 10.2. The molecular weight excluding hydrogens is 320 g/mol. The number of hydrogen-bond donors (Lipinski definition) is 1. The fourth-order valence-electron chi connectivity index (χ4n) is 2.00. The van der Waals surface area contributed by atoms with Crippen LogP contribution in [0.4, 0.5) is 10.8 Å². The second-order valence-corrected chi connectivity index (χ2v) is 6.33. The third kappa shape index (κ3) is 2.38. The van der Waals surface area contributed by atoms with Crippen molar-refractivity contribution in [3.05, 3.63) is 52.0 Å². The molecule has 0 aliphatic carbocycles. The number of nitrogens with one attached hydrogen (secondary N) is 1. The molecule has 0 bridgehead atoms. The van der Waals surface area contributed by atoms with Crippen molar-refractivity contribution in [2.45, 2.75) is 13.8 Å². The molecule has 19 heavy (non-hydrogen) atoms. The molecule has 0 saturated heterocycles. The van der Waals surface area contributed by atoms with Gasteiger partial charge in [-0.1, -0.05) is 35.6 Å². The quantitative estimate of drug-likeness (QED) is 0.677. The predicted octanol–water partition coefficient (Wildman–Crippen LogP) is 5.42. The van der Waals surface area contributed by atoms with Gasteiger partial charge in [0.05, 0.1) is 15.9 Å². The molecule has 0 unspecified atom stereocenters. The first-order valence-corrected chi connectivity index (χ1v) is 7.64. The molecule has 1 N–H and O–H groups in total. The lowest BCUT2D eigenvalue weighted by Gasteiger charge is -2.07. The lowest BCUT2D eigenvalue weighted by Crippen LogP contribution is -1.91. The summed E-state index contributed by atoms with van der Waals surface area (Å²) < 4.78 is 2.30. The average Bonchev–Trinajstić information content (AvgIpc) is 2.79. The predicted molar refractivity (Wildman–Crippen MR) is 86.5 cm³/mol. The van der Waals surface area contributed by atoms with E-state index in [1.165, 1.54) is 15.8 Å². The number of anilines is 2. The molecule has 4 heteroatoms. The number of halogens is 1. The number of benzene rings is 2. The van der Waals surface area contributed by atoms with Crippen LogP contribution in [0.3, 0.4) is 0 Å². The van der Waals surface area contributed by atoms with Crippen molar-refractivity contribution in [1.82, 2.24) is 4.98 Å². The van der Waals surface area contributed by atoms with E-state index in [0.29, 0.717) is 0 Å². The van der Waals surface area contributed by atoms with Crippen LogP contribution >= 0.6 is 27.3 Å². The molecule has 0 spiro atoms. The van der Waals surface area contributed by atoms with Gasteiger partial charge in [-0.05, 0) is 53.0 Å². The first-order chi connectivity index (χ1) is 9.15. The summed E-state index contributed by atoms with van der Waals surface area (Å²) in [7, 11) is 0. The van der Waals surface area contributed by atoms with E-state index in [4.69, 9.17) is 0 Å². The normalized spacial score (nSPS) is 10.9. The Morgan fingerprint density at radius 1 is 1.05 bits per heavy atom. The second-order valence-electron chi connectivity index (χ2n) is 4.50. The average molecular weight is 333 g/mol. The van der Waals surface area contributed by atoms with Gasteiger partial charge < -0.3 is 5.32 Å². The SMILES string of the molecule is Cc1cccc(Nc2nc3c(C)cccc3s2)c1Br. The minimum absolute atomic E-state index is 0.926. The molecule has 0 saturated carbocycles. The van der Waals surface area contributed by atoms with Crippen LogP contribution in [0.5, 0.6) is 0 Å². The number of rotatable bonds is 2. The van der Waals surface area contributed by atoms with E-state index in [-0.39, 0.29) is 0 Å². The van der Waals surface area contributed by atoms with Crippen molar-refractivity contribution in [2.24, 2.45) is 0 Å². The third-order valence-corrected chi connectivity index (χ3v) is 5.04. The lowest BCUT2D eigenvalue weighted by molar-refractivity contribution is 1.37. The van der Waals surface area contributed by atoms with Gasteiger partial charge >= 0.3 is 0 Å². The number of hydrogen-bond acceptors (Lipinski definition) is 3. The Balaban J connectivity index is 2.02. The molecular formula is C15H13BrN2S. The molecule has 0 fully saturated rings. The molecule has 1 heterocycles. The zero-order valence-electron chi connectivity index (χ0n) is 10.7. The van der Waals surface area contributed by atoms with Crippen LogP contribution in [-0.4, -0.2) is 4.98 Å². The summed E-state index contributed by atoms with van der Waals surface area (Å²) in [6.07, 6.45) is 0. The first-order valence-electron chi connectivity index (χ1n) is 6.03. The van der Waals surface area contributed by atoms with E-state index in [1.807, 2.05) is 6.07 Å². The maximum Gasteiger partial charge on any atom is 0.188 e. The van der Waals surface area contributed by atoms with E-state index >= 15 is 0 Å². The van der Waals surface area contributed by atoms with Crippen molar-refractivity contribution < 1.29 is 0 Å². The Bertz CT molecular complexity index is 749. The monoisotopic (exact) mass is 332 g/mol. The molecule has 3 aromatic rings. The topological polar surface area (TPSA) is 24.9 Å².